The molecule has 1 aromatic heterocycles. The molecule has 2 aromatic rings. The number of aromatic nitrogens is 2. The van der Waals surface area contributed by atoms with E-state index in [9.17, 15) is 0 Å². The summed E-state index contributed by atoms with van der Waals surface area (Å²) in [7, 11) is 1.58. The van der Waals surface area contributed by atoms with E-state index in [1.807, 2.05) is 24.3 Å². The van der Waals surface area contributed by atoms with Crippen LogP contribution in [0.5, 0.6) is 0 Å². The van der Waals surface area contributed by atoms with Crippen LogP contribution in [0.3, 0.4) is 0 Å². The highest BCUT2D eigenvalue weighted by molar-refractivity contribution is 6.30. The first-order chi connectivity index (χ1) is 11.6. The number of anilines is 1. The van der Waals surface area contributed by atoms with E-state index in [1.165, 1.54) is 0 Å². The fraction of sp³-hybridized carbons (Fsp3) is 0.0556. The maximum atomic E-state index is 8.21. The number of nitrogens with two attached hydrogens (primary N) is 1. The van der Waals surface area contributed by atoms with Crippen LogP contribution in [-0.2, 0) is 4.74 Å². The molecule has 3 N–H and O–H groups in total. The number of nitrogens with one attached hydrogen (secondary N) is 1. The van der Waals surface area contributed by atoms with E-state index >= 15 is 0 Å². The quantitative estimate of drug-likeness (QED) is 0.835. The fourth-order valence-corrected chi connectivity index (χ4v) is 2.54. The van der Waals surface area contributed by atoms with Gasteiger partial charge in [-0.15, -0.1) is 0 Å². The summed E-state index contributed by atoms with van der Waals surface area (Å²) in [5.41, 5.74) is 9.03. The van der Waals surface area contributed by atoms with Gasteiger partial charge in [-0.25, -0.2) is 9.97 Å². The van der Waals surface area contributed by atoms with Gasteiger partial charge in [0.1, 0.15) is 5.76 Å². The van der Waals surface area contributed by atoms with E-state index in [-0.39, 0.29) is 5.95 Å². The minimum Gasteiger partial charge on any atom is -0.495 e. The first-order valence-electron chi connectivity index (χ1n) is 7.20. The maximum absolute atomic E-state index is 8.21. The zero-order chi connectivity index (χ0) is 17.1. The minimum atomic E-state index is 0.206. The second-order valence-corrected chi connectivity index (χ2v) is 5.54. The van der Waals surface area contributed by atoms with Crippen molar-refractivity contribution in [3.63, 3.8) is 0 Å². The molecule has 5 nitrogen and oxygen atoms in total. The largest absolute Gasteiger partial charge is 0.495 e. The van der Waals surface area contributed by atoms with Gasteiger partial charge in [0.2, 0.25) is 5.95 Å². The molecule has 0 bridgehead atoms. The number of hydrogen-bond donors (Lipinski definition) is 2. The van der Waals surface area contributed by atoms with Gasteiger partial charge in [0.05, 0.1) is 18.5 Å². The van der Waals surface area contributed by atoms with Gasteiger partial charge in [-0.05, 0) is 42.5 Å². The molecule has 0 atom stereocenters. The van der Waals surface area contributed by atoms with E-state index < -0.39 is 0 Å². The van der Waals surface area contributed by atoms with E-state index in [4.69, 9.17) is 27.5 Å². The Kier molecular flexibility index (Phi) is 4.44. The average Bonchev–Trinajstić information content (AvgIpc) is 2.59. The van der Waals surface area contributed by atoms with Gasteiger partial charge in [-0.2, -0.15) is 0 Å². The van der Waals surface area contributed by atoms with Gasteiger partial charge in [-0.3, -0.25) is 0 Å². The van der Waals surface area contributed by atoms with Crippen molar-refractivity contribution in [1.82, 2.24) is 9.97 Å². The lowest BCUT2D eigenvalue weighted by Crippen LogP contribution is -2.07. The minimum absolute atomic E-state index is 0.206. The summed E-state index contributed by atoms with van der Waals surface area (Å²) in [5.74, 6) is 0.804. The molecule has 120 valence electrons. The lowest BCUT2D eigenvalue weighted by molar-refractivity contribution is 0.369. The first-order valence-corrected chi connectivity index (χ1v) is 7.58. The van der Waals surface area contributed by atoms with Gasteiger partial charge >= 0.3 is 0 Å². The summed E-state index contributed by atoms with van der Waals surface area (Å²) < 4.78 is 5.55. The summed E-state index contributed by atoms with van der Waals surface area (Å²) in [5, 5.41) is 8.86. The highest BCUT2D eigenvalue weighted by Crippen LogP contribution is 2.29. The van der Waals surface area contributed by atoms with Crippen LogP contribution in [0.25, 0.3) is 11.3 Å². The molecule has 1 heterocycles. The molecule has 0 amide bonds. The Morgan fingerprint density at radius 2 is 1.92 bits per heavy atom. The third kappa shape index (κ3) is 3.21. The number of allylic oxidation sites excluding steroid dienone is 5. The number of nitrogens with zero attached hydrogens (tertiary/aromatic N) is 2. The molecule has 0 unspecified atom stereocenters. The second kappa shape index (κ2) is 6.68. The molecule has 6 heteroatoms. The van der Waals surface area contributed by atoms with Gasteiger partial charge in [0, 0.05) is 27.9 Å². The molecular weight excluding hydrogens is 324 g/mol. The molecule has 1 aliphatic carbocycles. The molecule has 24 heavy (non-hydrogen) atoms. The van der Waals surface area contributed by atoms with Crippen molar-refractivity contribution in [2.24, 2.45) is 0 Å². The highest BCUT2D eigenvalue weighted by Gasteiger charge is 2.16. The average molecular weight is 339 g/mol. The molecule has 0 aliphatic heterocycles. The molecular formula is C18H15ClN4O. The number of rotatable bonds is 3. The topological polar surface area (TPSA) is 84.9 Å². The zero-order valence-electron chi connectivity index (χ0n) is 13.0. The summed E-state index contributed by atoms with van der Waals surface area (Å²) in [6.07, 6.45) is 6.99. The van der Waals surface area contributed by atoms with Crippen LogP contribution in [0.1, 0.15) is 11.3 Å². The third-order valence-electron chi connectivity index (χ3n) is 3.54. The maximum Gasteiger partial charge on any atom is 0.220 e. The molecule has 0 saturated carbocycles. The van der Waals surface area contributed by atoms with E-state index in [1.54, 1.807) is 37.6 Å². The Labute approximate surface area is 144 Å². The van der Waals surface area contributed by atoms with Crippen LogP contribution in [0.15, 0.2) is 60.3 Å². The Morgan fingerprint density at radius 3 is 2.58 bits per heavy atom. The lowest BCUT2D eigenvalue weighted by atomic mass is 9.95. The molecule has 0 spiro atoms. The van der Waals surface area contributed by atoms with Gasteiger partial charge in [0.15, 0.2) is 0 Å². The summed E-state index contributed by atoms with van der Waals surface area (Å²) in [6.45, 7) is 0. The third-order valence-corrected chi connectivity index (χ3v) is 3.80. The van der Waals surface area contributed by atoms with Crippen molar-refractivity contribution in [2.45, 2.75) is 0 Å². The van der Waals surface area contributed by atoms with Gasteiger partial charge in [0.25, 0.3) is 0 Å². The molecule has 0 saturated heterocycles. The molecule has 1 aromatic carbocycles. The van der Waals surface area contributed by atoms with Crippen molar-refractivity contribution >= 4 is 34.6 Å². The normalized spacial score (nSPS) is 15.9. The molecule has 0 radical (unpaired) electrons. The number of halogens is 1. The van der Waals surface area contributed by atoms with Crippen molar-refractivity contribution in [3.05, 3.63) is 76.6 Å². The van der Waals surface area contributed by atoms with Crippen molar-refractivity contribution in [2.75, 3.05) is 12.8 Å². The Balaban J connectivity index is 2.11. The number of hydrogen-bond acceptors (Lipinski definition) is 5. The van der Waals surface area contributed by atoms with Crippen molar-refractivity contribution in [3.8, 4) is 0 Å². The SMILES string of the molecule is CO/C(=C1/C=C(c2ccnc(N)n2)C=CC1=N)c1ccc(Cl)cc1. The van der Waals surface area contributed by atoms with E-state index in [0.29, 0.717) is 27.8 Å². The molecule has 1 aliphatic rings. The van der Waals surface area contributed by atoms with Crippen molar-refractivity contribution in [1.29, 1.82) is 5.41 Å². The predicted molar refractivity (Wildman–Crippen MR) is 96.7 cm³/mol. The van der Waals surface area contributed by atoms with Crippen LogP contribution in [0.4, 0.5) is 5.95 Å². The van der Waals surface area contributed by atoms with Crippen LogP contribution in [0.2, 0.25) is 5.02 Å². The Hall–Kier alpha value is -2.92. The Morgan fingerprint density at radius 1 is 1.17 bits per heavy atom. The number of benzene rings is 1. The first kappa shape index (κ1) is 16.0. The highest BCUT2D eigenvalue weighted by atomic mass is 35.5. The fourth-order valence-electron chi connectivity index (χ4n) is 2.41. The standard InChI is InChI=1S/C18H15ClN4O/c1-24-17(11-2-5-13(19)6-3-11)14-10-12(4-7-15(14)20)16-8-9-22-18(21)23-16/h2-10,20H,1H3,(H2,21,22,23)/b17-14-,20-15?. The summed E-state index contributed by atoms with van der Waals surface area (Å²) >= 11 is 5.94. The smallest absolute Gasteiger partial charge is 0.220 e. The number of nitrogen functional groups attached to an aromatic ring is 1. The van der Waals surface area contributed by atoms with E-state index in [2.05, 4.69) is 9.97 Å². The summed E-state index contributed by atoms with van der Waals surface area (Å²) in [4.78, 5) is 8.12. The summed E-state index contributed by atoms with van der Waals surface area (Å²) in [6, 6.07) is 9.06. The zero-order valence-corrected chi connectivity index (χ0v) is 13.7. The lowest BCUT2D eigenvalue weighted by Gasteiger charge is -2.16. The van der Waals surface area contributed by atoms with Crippen LogP contribution < -0.4 is 5.73 Å². The predicted octanol–water partition coefficient (Wildman–Crippen LogP) is 3.74. The molecule has 0 fully saturated rings. The number of methoxy groups -OCH3 is 1. The van der Waals surface area contributed by atoms with Crippen LogP contribution in [-0.4, -0.2) is 22.8 Å². The van der Waals surface area contributed by atoms with E-state index in [0.717, 1.165) is 11.1 Å². The second-order valence-electron chi connectivity index (χ2n) is 5.10. The van der Waals surface area contributed by atoms with Gasteiger partial charge < -0.3 is 15.9 Å². The van der Waals surface area contributed by atoms with Crippen LogP contribution >= 0.6 is 11.6 Å². The molecule has 3 rings (SSSR count). The number of ether oxygens (including phenoxy) is 1. The van der Waals surface area contributed by atoms with Crippen molar-refractivity contribution < 1.29 is 4.74 Å². The Bertz CT molecular complexity index is 882. The van der Waals surface area contributed by atoms with Gasteiger partial charge in [-0.1, -0.05) is 17.7 Å². The van der Waals surface area contributed by atoms with Crippen LogP contribution in [0, 0.1) is 5.41 Å². The monoisotopic (exact) mass is 338 g/mol.